The third-order valence-electron chi connectivity index (χ3n) is 3.99. The summed E-state index contributed by atoms with van der Waals surface area (Å²) in [6.07, 6.45) is 4.79. The van der Waals surface area contributed by atoms with Gasteiger partial charge in [0.25, 0.3) is 0 Å². The molecule has 0 saturated heterocycles. The topological polar surface area (TPSA) is 64.3 Å². The molecule has 1 aliphatic rings. The molecule has 1 aliphatic carbocycles. The van der Waals surface area contributed by atoms with Crippen molar-refractivity contribution in [2.24, 2.45) is 11.1 Å². The number of nitrogens with one attached hydrogen (secondary N) is 1. The third-order valence-corrected chi connectivity index (χ3v) is 3.99. The van der Waals surface area contributed by atoms with E-state index in [9.17, 15) is 4.79 Å². The van der Waals surface area contributed by atoms with Crippen LogP contribution in [0.3, 0.4) is 0 Å². The number of rotatable bonds is 5. The summed E-state index contributed by atoms with van der Waals surface area (Å²) in [5, 5.41) is 2.93. The van der Waals surface area contributed by atoms with E-state index in [1.807, 2.05) is 0 Å². The molecule has 1 amide bonds. The van der Waals surface area contributed by atoms with Crippen molar-refractivity contribution in [3.63, 3.8) is 0 Å². The van der Waals surface area contributed by atoms with Crippen molar-refractivity contribution in [3.05, 3.63) is 0 Å². The predicted molar refractivity (Wildman–Crippen MR) is 68.6 cm³/mol. The van der Waals surface area contributed by atoms with Gasteiger partial charge in [-0.05, 0) is 45.1 Å². The molecular formula is C13H26N2O2. The number of primary amides is 1. The second kappa shape index (κ2) is 5.36. The third kappa shape index (κ3) is 3.96. The number of carbonyl (C=O) groups excluding carboxylic acids is 1. The van der Waals surface area contributed by atoms with Crippen molar-refractivity contribution in [3.8, 4) is 0 Å². The summed E-state index contributed by atoms with van der Waals surface area (Å²) >= 11 is 0. The number of nitrogens with two attached hydrogens (primary N) is 1. The first-order valence-electron chi connectivity index (χ1n) is 6.39. The Kier molecular flexibility index (Phi) is 4.55. The molecule has 0 radical (unpaired) electrons. The van der Waals surface area contributed by atoms with Gasteiger partial charge in [0.05, 0.1) is 12.7 Å². The number of amides is 1. The fourth-order valence-electron chi connectivity index (χ4n) is 2.09. The van der Waals surface area contributed by atoms with Crippen molar-refractivity contribution in [1.82, 2.24) is 5.32 Å². The Labute approximate surface area is 104 Å². The minimum absolute atomic E-state index is 0.273. The maximum atomic E-state index is 11.3. The van der Waals surface area contributed by atoms with E-state index in [0.29, 0.717) is 12.0 Å². The van der Waals surface area contributed by atoms with Gasteiger partial charge in [-0.1, -0.05) is 13.8 Å². The van der Waals surface area contributed by atoms with Crippen LogP contribution < -0.4 is 11.1 Å². The van der Waals surface area contributed by atoms with E-state index < -0.39 is 5.54 Å². The van der Waals surface area contributed by atoms with Gasteiger partial charge in [-0.15, -0.1) is 0 Å². The average Bonchev–Trinajstić information content (AvgIpc) is 2.27. The molecule has 1 fully saturated rings. The van der Waals surface area contributed by atoms with Gasteiger partial charge in [-0.25, -0.2) is 0 Å². The van der Waals surface area contributed by atoms with Crippen LogP contribution in [0.1, 0.15) is 46.5 Å². The number of hydrogen-bond acceptors (Lipinski definition) is 3. The summed E-state index contributed by atoms with van der Waals surface area (Å²) in [6, 6.07) is 0. The molecule has 0 aromatic rings. The van der Waals surface area contributed by atoms with Gasteiger partial charge in [-0.2, -0.15) is 0 Å². The molecule has 1 rings (SSSR count). The highest BCUT2D eigenvalue weighted by Crippen LogP contribution is 2.36. The van der Waals surface area contributed by atoms with Crippen LogP contribution in [0.15, 0.2) is 0 Å². The predicted octanol–water partition coefficient (Wildman–Crippen LogP) is 1.44. The summed E-state index contributed by atoms with van der Waals surface area (Å²) in [5.41, 5.74) is 5.04. The van der Waals surface area contributed by atoms with Crippen LogP contribution in [-0.2, 0) is 9.53 Å². The van der Waals surface area contributed by atoms with Crippen LogP contribution in [0.5, 0.6) is 0 Å². The molecule has 100 valence electrons. The van der Waals surface area contributed by atoms with Crippen molar-refractivity contribution < 1.29 is 9.53 Å². The molecular weight excluding hydrogens is 216 g/mol. The van der Waals surface area contributed by atoms with Crippen molar-refractivity contribution >= 4 is 5.91 Å². The van der Waals surface area contributed by atoms with Gasteiger partial charge in [0.2, 0.25) is 5.91 Å². The molecule has 0 aliphatic heterocycles. The Bertz CT molecular complexity index is 269. The first-order chi connectivity index (χ1) is 7.79. The number of carbonyl (C=O) groups is 1. The zero-order valence-corrected chi connectivity index (χ0v) is 11.5. The van der Waals surface area contributed by atoms with Crippen LogP contribution in [0, 0.1) is 5.41 Å². The van der Waals surface area contributed by atoms with Crippen molar-refractivity contribution in [2.75, 3.05) is 13.7 Å². The monoisotopic (exact) mass is 242 g/mol. The number of likely N-dealkylation sites (N-methyl/N-ethyl adjacent to an activating group) is 1. The molecule has 17 heavy (non-hydrogen) atoms. The van der Waals surface area contributed by atoms with Gasteiger partial charge in [0, 0.05) is 0 Å². The van der Waals surface area contributed by atoms with E-state index in [1.54, 1.807) is 14.0 Å². The maximum Gasteiger partial charge on any atom is 0.239 e. The first kappa shape index (κ1) is 14.5. The number of hydrogen-bond donors (Lipinski definition) is 2. The Hall–Kier alpha value is -0.610. The first-order valence-corrected chi connectivity index (χ1v) is 6.39. The van der Waals surface area contributed by atoms with E-state index in [0.717, 1.165) is 12.8 Å². The molecule has 0 bridgehead atoms. The lowest BCUT2D eigenvalue weighted by atomic mass is 9.76. The van der Waals surface area contributed by atoms with Gasteiger partial charge in [0.15, 0.2) is 0 Å². The standard InChI is InChI=1S/C13H26N2O2/c1-12(2)7-5-10(6-8-12)17-9-13(3,15-4)11(14)16/h10,15H,5-9H2,1-4H3,(H2,14,16). The van der Waals surface area contributed by atoms with E-state index in [2.05, 4.69) is 19.2 Å². The van der Waals surface area contributed by atoms with Crippen LogP contribution in [0.4, 0.5) is 0 Å². The molecule has 1 unspecified atom stereocenters. The lowest BCUT2D eigenvalue weighted by Gasteiger charge is -2.36. The van der Waals surface area contributed by atoms with E-state index in [1.165, 1.54) is 12.8 Å². The molecule has 0 aromatic carbocycles. The summed E-state index contributed by atoms with van der Waals surface area (Å²) in [6.45, 7) is 6.72. The largest absolute Gasteiger partial charge is 0.376 e. The zero-order valence-electron chi connectivity index (χ0n) is 11.5. The fourth-order valence-corrected chi connectivity index (χ4v) is 2.09. The van der Waals surface area contributed by atoms with E-state index in [4.69, 9.17) is 10.5 Å². The molecule has 4 heteroatoms. The lowest BCUT2D eigenvalue weighted by Crippen LogP contribution is -2.55. The van der Waals surface area contributed by atoms with Crippen LogP contribution in [0.25, 0.3) is 0 Å². The smallest absolute Gasteiger partial charge is 0.239 e. The minimum atomic E-state index is -0.757. The Morgan fingerprint density at radius 3 is 2.41 bits per heavy atom. The molecule has 1 atom stereocenters. The molecule has 1 saturated carbocycles. The molecule has 3 N–H and O–H groups in total. The summed E-state index contributed by atoms with van der Waals surface area (Å²) in [7, 11) is 1.73. The SMILES string of the molecule is CNC(C)(COC1CCC(C)(C)CC1)C(N)=O. The van der Waals surface area contributed by atoms with Gasteiger partial charge in [0.1, 0.15) is 5.54 Å². The summed E-state index contributed by atoms with van der Waals surface area (Å²) < 4.78 is 5.83. The van der Waals surface area contributed by atoms with Crippen molar-refractivity contribution in [2.45, 2.75) is 58.1 Å². The Balaban J connectivity index is 2.39. The normalized spacial score (nSPS) is 24.2. The van der Waals surface area contributed by atoms with Crippen LogP contribution >= 0.6 is 0 Å². The fraction of sp³-hybridized carbons (Fsp3) is 0.923. The van der Waals surface area contributed by atoms with Gasteiger partial charge in [-0.3, -0.25) is 4.79 Å². The van der Waals surface area contributed by atoms with Gasteiger partial charge >= 0.3 is 0 Å². The summed E-state index contributed by atoms with van der Waals surface area (Å²) in [5.74, 6) is -0.365. The van der Waals surface area contributed by atoms with E-state index in [-0.39, 0.29) is 12.0 Å². The van der Waals surface area contributed by atoms with Crippen molar-refractivity contribution in [1.29, 1.82) is 0 Å². The highest BCUT2D eigenvalue weighted by Gasteiger charge is 2.32. The van der Waals surface area contributed by atoms with E-state index >= 15 is 0 Å². The summed E-state index contributed by atoms with van der Waals surface area (Å²) in [4.78, 5) is 11.3. The van der Waals surface area contributed by atoms with Crippen LogP contribution in [-0.4, -0.2) is 31.2 Å². The molecule has 0 heterocycles. The Morgan fingerprint density at radius 1 is 1.47 bits per heavy atom. The number of ether oxygens (including phenoxy) is 1. The second-order valence-electron chi connectivity index (χ2n) is 6.12. The lowest BCUT2D eigenvalue weighted by molar-refractivity contribution is -0.127. The molecule has 0 spiro atoms. The second-order valence-corrected chi connectivity index (χ2v) is 6.12. The van der Waals surface area contributed by atoms with Gasteiger partial charge < -0.3 is 15.8 Å². The maximum absolute atomic E-state index is 11.3. The zero-order chi connectivity index (χ0) is 13.1. The highest BCUT2D eigenvalue weighted by atomic mass is 16.5. The minimum Gasteiger partial charge on any atom is -0.376 e. The quantitative estimate of drug-likeness (QED) is 0.766. The average molecular weight is 242 g/mol. The Morgan fingerprint density at radius 2 is 2.00 bits per heavy atom. The highest BCUT2D eigenvalue weighted by molar-refractivity contribution is 5.84. The molecule has 4 nitrogen and oxygen atoms in total. The van der Waals surface area contributed by atoms with Crippen LogP contribution in [0.2, 0.25) is 0 Å². The molecule has 0 aromatic heterocycles.